The molecule has 0 aliphatic rings. The minimum atomic E-state index is -3.13. The van der Waals surface area contributed by atoms with E-state index in [1.54, 1.807) is 13.0 Å². The van der Waals surface area contributed by atoms with E-state index < -0.39 is 15.1 Å². The maximum Gasteiger partial charge on any atom is 0.163 e. The van der Waals surface area contributed by atoms with Gasteiger partial charge in [-0.3, -0.25) is 0 Å². The van der Waals surface area contributed by atoms with E-state index in [0.29, 0.717) is 6.42 Å². The molecule has 0 aliphatic carbocycles. The number of nitriles is 1. The molecule has 0 saturated heterocycles. The molecule has 0 aromatic heterocycles. The highest BCUT2D eigenvalue weighted by molar-refractivity contribution is 7.91. The average Bonchev–Trinajstić information content (AvgIpc) is 1.65. The van der Waals surface area contributed by atoms with Crippen LogP contribution in [0.1, 0.15) is 13.3 Å². The molecule has 3 nitrogen and oxygen atoms in total. The Morgan fingerprint density at radius 1 is 1.67 bits per heavy atom. The lowest BCUT2D eigenvalue weighted by molar-refractivity contribution is 0.593. The molecule has 52 valence electrons. The number of sulfone groups is 1. The van der Waals surface area contributed by atoms with Crippen molar-refractivity contribution in [1.29, 1.82) is 5.26 Å². The summed E-state index contributed by atoms with van der Waals surface area (Å²) in [4.78, 5) is 0. The Morgan fingerprint density at radius 3 is 2.11 bits per heavy atom. The van der Waals surface area contributed by atoms with Gasteiger partial charge in [0, 0.05) is 6.26 Å². The Morgan fingerprint density at radius 2 is 2.11 bits per heavy atom. The lowest BCUT2D eigenvalue weighted by atomic mass is 10.4. The minimum Gasteiger partial charge on any atom is -0.228 e. The van der Waals surface area contributed by atoms with Gasteiger partial charge in [-0.25, -0.2) is 8.42 Å². The van der Waals surface area contributed by atoms with E-state index in [-0.39, 0.29) is 0 Å². The zero-order valence-electron chi connectivity index (χ0n) is 5.46. The molecule has 0 spiro atoms. The van der Waals surface area contributed by atoms with Gasteiger partial charge in [0.2, 0.25) is 0 Å². The number of hydrogen-bond donors (Lipinski definition) is 0. The van der Waals surface area contributed by atoms with Crippen LogP contribution in [-0.4, -0.2) is 19.9 Å². The molecule has 0 fully saturated rings. The number of rotatable bonds is 2. The van der Waals surface area contributed by atoms with Gasteiger partial charge in [0.25, 0.3) is 0 Å². The first-order valence-corrected chi connectivity index (χ1v) is 4.56. The van der Waals surface area contributed by atoms with E-state index in [4.69, 9.17) is 5.26 Å². The van der Waals surface area contributed by atoms with Gasteiger partial charge in [0.05, 0.1) is 6.07 Å². The third kappa shape index (κ3) is 2.47. The molecule has 0 N–H and O–H groups in total. The fourth-order valence-corrected chi connectivity index (χ4v) is 1.29. The lowest BCUT2D eigenvalue weighted by Crippen LogP contribution is -2.15. The Hall–Kier alpha value is -0.560. The van der Waals surface area contributed by atoms with Gasteiger partial charge in [-0.05, 0) is 6.42 Å². The fourth-order valence-electron chi connectivity index (χ4n) is 0.490. The van der Waals surface area contributed by atoms with Gasteiger partial charge in [0.15, 0.2) is 9.84 Å². The monoisotopic (exact) mass is 147 g/mol. The van der Waals surface area contributed by atoms with Crippen LogP contribution in [0, 0.1) is 11.3 Å². The van der Waals surface area contributed by atoms with Crippen LogP contribution in [-0.2, 0) is 9.84 Å². The predicted octanol–water partition coefficient (Wildman–Crippen LogP) is 0.333. The molecule has 0 aromatic carbocycles. The fraction of sp³-hybridized carbons (Fsp3) is 0.800. The van der Waals surface area contributed by atoms with Gasteiger partial charge >= 0.3 is 0 Å². The molecule has 0 unspecified atom stereocenters. The number of hydrogen-bond acceptors (Lipinski definition) is 3. The Kier molecular flexibility index (Phi) is 2.65. The molecule has 0 radical (unpaired) electrons. The van der Waals surface area contributed by atoms with Crippen LogP contribution in [0.3, 0.4) is 0 Å². The summed E-state index contributed by atoms with van der Waals surface area (Å²) in [6.45, 7) is 1.68. The van der Waals surface area contributed by atoms with Crippen molar-refractivity contribution < 1.29 is 8.42 Å². The first kappa shape index (κ1) is 8.44. The first-order chi connectivity index (χ1) is 4.02. The Labute approximate surface area is 55.2 Å². The van der Waals surface area contributed by atoms with Crippen LogP contribution < -0.4 is 0 Å². The van der Waals surface area contributed by atoms with E-state index in [1.165, 1.54) is 0 Å². The van der Waals surface area contributed by atoms with Crippen molar-refractivity contribution in [3.05, 3.63) is 0 Å². The maximum atomic E-state index is 10.6. The highest BCUT2D eigenvalue weighted by atomic mass is 32.2. The molecular formula is C5H9NO2S. The van der Waals surface area contributed by atoms with Gasteiger partial charge in [-0.15, -0.1) is 0 Å². The van der Waals surface area contributed by atoms with Crippen molar-refractivity contribution >= 4 is 9.84 Å². The van der Waals surface area contributed by atoms with E-state index >= 15 is 0 Å². The molecule has 0 aromatic rings. The largest absolute Gasteiger partial charge is 0.228 e. The smallest absolute Gasteiger partial charge is 0.163 e. The van der Waals surface area contributed by atoms with Gasteiger partial charge in [-0.1, -0.05) is 6.92 Å². The second-order valence-electron chi connectivity index (χ2n) is 1.86. The Bertz CT molecular complexity index is 212. The molecule has 0 bridgehead atoms. The van der Waals surface area contributed by atoms with Gasteiger partial charge in [0.1, 0.15) is 5.25 Å². The second kappa shape index (κ2) is 2.83. The highest BCUT2D eigenvalue weighted by Gasteiger charge is 2.16. The van der Waals surface area contributed by atoms with E-state index in [9.17, 15) is 8.42 Å². The zero-order chi connectivity index (χ0) is 7.49. The van der Waals surface area contributed by atoms with Crippen molar-refractivity contribution in [2.24, 2.45) is 0 Å². The highest BCUT2D eigenvalue weighted by Crippen LogP contribution is 2.00. The summed E-state index contributed by atoms with van der Waals surface area (Å²) in [7, 11) is -3.13. The summed E-state index contributed by atoms with van der Waals surface area (Å²) in [5, 5.41) is 7.41. The molecule has 1 atom stereocenters. The topological polar surface area (TPSA) is 57.9 Å². The normalized spacial score (nSPS) is 14.3. The van der Waals surface area contributed by atoms with Crippen LogP contribution in [0.4, 0.5) is 0 Å². The summed E-state index contributed by atoms with van der Waals surface area (Å²) in [6.07, 6.45) is 1.44. The first-order valence-electron chi connectivity index (χ1n) is 2.60. The van der Waals surface area contributed by atoms with Crippen molar-refractivity contribution in [3.8, 4) is 6.07 Å². The van der Waals surface area contributed by atoms with Crippen LogP contribution in [0.15, 0.2) is 0 Å². The molecule has 0 saturated carbocycles. The molecular weight excluding hydrogens is 138 g/mol. The van der Waals surface area contributed by atoms with Crippen LogP contribution in [0.5, 0.6) is 0 Å². The molecule has 0 rings (SSSR count). The second-order valence-corrected chi connectivity index (χ2v) is 4.08. The molecule has 0 heterocycles. The summed E-state index contributed by atoms with van der Waals surface area (Å²) < 4.78 is 21.1. The Balaban J connectivity index is 4.38. The summed E-state index contributed by atoms with van der Waals surface area (Å²) in [6, 6.07) is 1.70. The van der Waals surface area contributed by atoms with Crippen molar-refractivity contribution in [2.75, 3.05) is 6.26 Å². The van der Waals surface area contributed by atoms with Crippen molar-refractivity contribution in [3.63, 3.8) is 0 Å². The summed E-state index contributed by atoms with van der Waals surface area (Å²) >= 11 is 0. The third-order valence-electron chi connectivity index (χ3n) is 1.03. The van der Waals surface area contributed by atoms with Gasteiger partial charge < -0.3 is 0 Å². The number of nitrogens with zero attached hydrogens (tertiary/aromatic N) is 1. The van der Waals surface area contributed by atoms with Gasteiger partial charge in [-0.2, -0.15) is 5.26 Å². The SMILES string of the molecule is CC[C@@H](C#N)S(C)(=O)=O. The summed E-state index contributed by atoms with van der Waals surface area (Å²) in [5.74, 6) is 0. The predicted molar refractivity (Wildman–Crippen MR) is 34.5 cm³/mol. The standard InChI is InChI=1S/C5H9NO2S/c1-3-5(4-6)9(2,7)8/h5H,3H2,1-2H3/t5-/m0/s1. The molecule has 0 amide bonds. The minimum absolute atomic E-state index is 0.370. The van der Waals surface area contributed by atoms with Crippen LogP contribution in [0.25, 0.3) is 0 Å². The molecule has 4 heteroatoms. The van der Waals surface area contributed by atoms with Crippen LogP contribution >= 0.6 is 0 Å². The average molecular weight is 147 g/mol. The zero-order valence-corrected chi connectivity index (χ0v) is 6.27. The van der Waals surface area contributed by atoms with E-state index in [2.05, 4.69) is 0 Å². The van der Waals surface area contributed by atoms with Crippen molar-refractivity contribution in [2.45, 2.75) is 18.6 Å². The van der Waals surface area contributed by atoms with E-state index in [1.807, 2.05) is 0 Å². The molecule has 9 heavy (non-hydrogen) atoms. The molecule has 0 aliphatic heterocycles. The summed E-state index contributed by atoms with van der Waals surface area (Å²) in [5.41, 5.74) is 0. The quantitative estimate of drug-likeness (QED) is 0.565. The maximum absolute atomic E-state index is 10.6. The third-order valence-corrected chi connectivity index (χ3v) is 2.50. The van der Waals surface area contributed by atoms with Crippen molar-refractivity contribution in [1.82, 2.24) is 0 Å². The van der Waals surface area contributed by atoms with E-state index in [0.717, 1.165) is 6.26 Å². The lowest BCUT2D eigenvalue weighted by Gasteiger charge is -1.99. The van der Waals surface area contributed by atoms with Crippen LogP contribution in [0.2, 0.25) is 0 Å².